The first-order valence-corrected chi connectivity index (χ1v) is 9.19. The monoisotopic (exact) mass is 362 g/mol. The second-order valence-corrected chi connectivity index (χ2v) is 6.51. The fourth-order valence-electron chi connectivity index (χ4n) is 3.47. The SMILES string of the molecule is c1ccc(N(c2cccc(-c3ncc[nH]3)c2)c2nccc3ccccc23)cc1. The summed E-state index contributed by atoms with van der Waals surface area (Å²) in [7, 11) is 0. The predicted octanol–water partition coefficient (Wildman–Crippen LogP) is 6.09. The zero-order chi connectivity index (χ0) is 18.8. The number of H-pyrrole nitrogens is 1. The molecule has 2 aromatic heterocycles. The quantitative estimate of drug-likeness (QED) is 0.420. The minimum absolute atomic E-state index is 0.848. The third kappa shape index (κ3) is 2.91. The Bertz CT molecular complexity index is 1210. The van der Waals surface area contributed by atoms with E-state index < -0.39 is 0 Å². The van der Waals surface area contributed by atoms with Crippen LogP contribution in [0.4, 0.5) is 17.2 Å². The summed E-state index contributed by atoms with van der Waals surface area (Å²) in [6.45, 7) is 0. The van der Waals surface area contributed by atoms with E-state index >= 15 is 0 Å². The highest BCUT2D eigenvalue weighted by Gasteiger charge is 2.17. The summed E-state index contributed by atoms with van der Waals surface area (Å²) in [6.07, 6.45) is 5.47. The summed E-state index contributed by atoms with van der Waals surface area (Å²) in [5.74, 6) is 1.75. The Hall–Kier alpha value is -3.92. The van der Waals surface area contributed by atoms with Crippen LogP contribution in [0.2, 0.25) is 0 Å². The Morgan fingerprint density at radius 2 is 1.50 bits per heavy atom. The molecule has 5 rings (SSSR count). The Kier molecular flexibility index (Phi) is 4.07. The summed E-state index contributed by atoms with van der Waals surface area (Å²) >= 11 is 0. The van der Waals surface area contributed by atoms with Crippen molar-refractivity contribution in [2.75, 3.05) is 4.90 Å². The van der Waals surface area contributed by atoms with Gasteiger partial charge in [0.15, 0.2) is 0 Å². The van der Waals surface area contributed by atoms with E-state index in [0.717, 1.165) is 39.4 Å². The predicted molar refractivity (Wildman–Crippen MR) is 114 cm³/mol. The van der Waals surface area contributed by atoms with Gasteiger partial charge in [-0.1, -0.05) is 54.6 Å². The standard InChI is InChI=1S/C24H18N4/c1-2-9-20(10-3-1)28(24-22-12-5-4-7-18(22)13-14-27-24)21-11-6-8-19(17-21)23-25-15-16-26-23/h1-17H,(H,25,26). The summed E-state index contributed by atoms with van der Waals surface area (Å²) in [6, 6.07) is 29.0. The lowest BCUT2D eigenvalue weighted by Gasteiger charge is -2.25. The van der Waals surface area contributed by atoms with Crippen molar-refractivity contribution in [3.8, 4) is 11.4 Å². The fraction of sp³-hybridized carbons (Fsp3) is 0. The van der Waals surface area contributed by atoms with Gasteiger partial charge in [-0.05, 0) is 35.7 Å². The molecule has 134 valence electrons. The molecule has 3 aromatic carbocycles. The van der Waals surface area contributed by atoms with Gasteiger partial charge in [-0.3, -0.25) is 4.90 Å². The van der Waals surface area contributed by atoms with E-state index in [0.29, 0.717) is 0 Å². The first-order valence-electron chi connectivity index (χ1n) is 9.19. The average molecular weight is 362 g/mol. The number of hydrogen-bond acceptors (Lipinski definition) is 3. The minimum Gasteiger partial charge on any atom is -0.345 e. The molecular weight excluding hydrogens is 344 g/mol. The van der Waals surface area contributed by atoms with Crippen LogP contribution in [-0.4, -0.2) is 15.0 Å². The molecule has 4 heteroatoms. The van der Waals surface area contributed by atoms with Gasteiger partial charge in [0.2, 0.25) is 0 Å². The number of rotatable bonds is 4. The molecule has 4 nitrogen and oxygen atoms in total. The van der Waals surface area contributed by atoms with Crippen molar-refractivity contribution in [3.05, 3.63) is 104 Å². The smallest absolute Gasteiger partial charge is 0.145 e. The normalized spacial score (nSPS) is 10.9. The Morgan fingerprint density at radius 1 is 0.679 bits per heavy atom. The number of nitrogens with one attached hydrogen (secondary N) is 1. The molecular formula is C24H18N4. The third-order valence-electron chi connectivity index (χ3n) is 4.75. The second kappa shape index (κ2) is 7.00. The lowest BCUT2D eigenvalue weighted by atomic mass is 10.1. The molecule has 0 saturated carbocycles. The lowest BCUT2D eigenvalue weighted by Crippen LogP contribution is -2.12. The number of para-hydroxylation sites is 1. The van der Waals surface area contributed by atoms with Crippen LogP contribution in [-0.2, 0) is 0 Å². The molecule has 0 fully saturated rings. The summed E-state index contributed by atoms with van der Waals surface area (Å²) in [5, 5.41) is 2.27. The van der Waals surface area contributed by atoms with Crippen molar-refractivity contribution >= 4 is 28.0 Å². The highest BCUT2D eigenvalue weighted by molar-refractivity contribution is 5.96. The van der Waals surface area contributed by atoms with Gasteiger partial charge < -0.3 is 4.98 Å². The first-order chi connectivity index (χ1) is 13.9. The van der Waals surface area contributed by atoms with Crippen molar-refractivity contribution < 1.29 is 0 Å². The average Bonchev–Trinajstić information content (AvgIpc) is 3.30. The van der Waals surface area contributed by atoms with Gasteiger partial charge in [0.25, 0.3) is 0 Å². The summed E-state index contributed by atoms with van der Waals surface area (Å²) in [5.41, 5.74) is 3.12. The van der Waals surface area contributed by atoms with E-state index in [2.05, 4.69) is 69.5 Å². The van der Waals surface area contributed by atoms with Crippen LogP contribution in [0.15, 0.2) is 104 Å². The molecule has 0 saturated heterocycles. The lowest BCUT2D eigenvalue weighted by molar-refractivity contribution is 1.20. The molecule has 28 heavy (non-hydrogen) atoms. The molecule has 0 amide bonds. The van der Waals surface area contributed by atoms with Gasteiger partial charge >= 0.3 is 0 Å². The minimum atomic E-state index is 0.848. The number of pyridine rings is 1. The van der Waals surface area contributed by atoms with Crippen LogP contribution >= 0.6 is 0 Å². The number of benzene rings is 3. The van der Waals surface area contributed by atoms with Gasteiger partial charge in [0.05, 0.1) is 0 Å². The van der Waals surface area contributed by atoms with Crippen LogP contribution in [0.1, 0.15) is 0 Å². The highest BCUT2D eigenvalue weighted by Crippen LogP contribution is 2.38. The molecule has 0 aliphatic carbocycles. The van der Waals surface area contributed by atoms with Gasteiger partial charge in [-0.2, -0.15) is 0 Å². The van der Waals surface area contributed by atoms with Crippen molar-refractivity contribution in [1.29, 1.82) is 0 Å². The van der Waals surface area contributed by atoms with Crippen LogP contribution in [0.3, 0.4) is 0 Å². The van der Waals surface area contributed by atoms with Crippen molar-refractivity contribution in [2.45, 2.75) is 0 Å². The van der Waals surface area contributed by atoms with Crippen LogP contribution in [0.25, 0.3) is 22.2 Å². The third-order valence-corrected chi connectivity index (χ3v) is 4.75. The second-order valence-electron chi connectivity index (χ2n) is 6.51. The van der Waals surface area contributed by atoms with Crippen LogP contribution in [0.5, 0.6) is 0 Å². The molecule has 0 aliphatic rings. The fourth-order valence-corrected chi connectivity index (χ4v) is 3.47. The van der Waals surface area contributed by atoms with E-state index in [9.17, 15) is 0 Å². The Labute approximate surface area is 163 Å². The molecule has 0 atom stereocenters. The molecule has 5 aromatic rings. The molecule has 0 radical (unpaired) electrons. The molecule has 0 spiro atoms. The molecule has 1 N–H and O–H groups in total. The number of hydrogen-bond donors (Lipinski definition) is 1. The van der Waals surface area contributed by atoms with E-state index in [1.165, 1.54) is 0 Å². The van der Waals surface area contributed by atoms with Crippen LogP contribution < -0.4 is 4.90 Å². The first kappa shape index (κ1) is 16.3. The van der Waals surface area contributed by atoms with E-state index in [1.54, 1.807) is 6.20 Å². The molecule has 0 unspecified atom stereocenters. The van der Waals surface area contributed by atoms with Gasteiger partial charge in [0, 0.05) is 40.9 Å². The summed E-state index contributed by atoms with van der Waals surface area (Å²) in [4.78, 5) is 14.5. The van der Waals surface area contributed by atoms with Gasteiger partial charge in [-0.15, -0.1) is 0 Å². The molecule has 0 aliphatic heterocycles. The summed E-state index contributed by atoms with van der Waals surface area (Å²) < 4.78 is 0. The number of imidazole rings is 1. The number of aromatic nitrogens is 3. The number of aromatic amines is 1. The van der Waals surface area contributed by atoms with Crippen molar-refractivity contribution in [3.63, 3.8) is 0 Å². The van der Waals surface area contributed by atoms with Crippen molar-refractivity contribution in [2.24, 2.45) is 0 Å². The number of nitrogens with zero attached hydrogens (tertiary/aromatic N) is 3. The Morgan fingerprint density at radius 3 is 2.36 bits per heavy atom. The zero-order valence-electron chi connectivity index (χ0n) is 15.2. The maximum absolute atomic E-state index is 4.75. The zero-order valence-corrected chi connectivity index (χ0v) is 15.2. The van der Waals surface area contributed by atoms with Gasteiger partial charge in [0.1, 0.15) is 11.6 Å². The number of fused-ring (bicyclic) bond motifs is 1. The van der Waals surface area contributed by atoms with E-state index in [1.807, 2.05) is 42.7 Å². The maximum Gasteiger partial charge on any atom is 0.145 e. The van der Waals surface area contributed by atoms with Crippen molar-refractivity contribution in [1.82, 2.24) is 15.0 Å². The van der Waals surface area contributed by atoms with Gasteiger partial charge in [-0.25, -0.2) is 9.97 Å². The highest BCUT2D eigenvalue weighted by atomic mass is 15.2. The molecule has 0 bridgehead atoms. The maximum atomic E-state index is 4.75. The Balaban J connectivity index is 1.74. The largest absolute Gasteiger partial charge is 0.345 e. The van der Waals surface area contributed by atoms with E-state index in [-0.39, 0.29) is 0 Å². The molecule has 2 heterocycles. The number of anilines is 3. The van der Waals surface area contributed by atoms with Crippen LogP contribution in [0, 0.1) is 0 Å². The van der Waals surface area contributed by atoms with E-state index in [4.69, 9.17) is 4.98 Å². The topological polar surface area (TPSA) is 44.8 Å².